The Kier molecular flexibility index (Phi) is 6.42. The van der Waals surface area contributed by atoms with Crippen LogP contribution in [0.3, 0.4) is 0 Å². The predicted molar refractivity (Wildman–Crippen MR) is 119 cm³/mol. The Morgan fingerprint density at radius 1 is 1.21 bits per heavy atom. The highest BCUT2D eigenvalue weighted by Gasteiger charge is 2.45. The van der Waals surface area contributed by atoms with Gasteiger partial charge in [0.25, 0.3) is 0 Å². The van der Waals surface area contributed by atoms with Gasteiger partial charge in [-0.3, -0.25) is 9.78 Å². The zero-order chi connectivity index (χ0) is 19.4. The third kappa shape index (κ3) is 4.46. The van der Waals surface area contributed by atoms with Crippen molar-refractivity contribution in [2.24, 2.45) is 5.92 Å². The molecule has 28 heavy (non-hydrogen) atoms. The van der Waals surface area contributed by atoms with E-state index in [1.165, 1.54) is 35.7 Å². The average Bonchev–Trinajstić information content (AvgIpc) is 2.86. The minimum atomic E-state index is 0.0916. The number of pyridine rings is 1. The van der Waals surface area contributed by atoms with Gasteiger partial charge < -0.3 is 4.90 Å². The standard InChI is InChI=1S/C23H27BrN2OS/c24-21-9-2-1-7-19(21)14-20-8-3-4-10-23(20)15-22(27)26(12-13-28-23)17-18-6-5-11-25-16-18/h1-2,5-7,9,11,16,20H,3-4,8,10,12-15,17H2. The van der Waals surface area contributed by atoms with Gasteiger partial charge in [-0.25, -0.2) is 0 Å². The van der Waals surface area contributed by atoms with Gasteiger partial charge in [-0.05, 0) is 48.4 Å². The van der Waals surface area contributed by atoms with Crippen LogP contribution in [0.15, 0.2) is 53.3 Å². The van der Waals surface area contributed by atoms with Gasteiger partial charge in [0.05, 0.1) is 0 Å². The molecule has 1 spiro atoms. The number of benzene rings is 1. The molecular weight excluding hydrogens is 432 g/mol. The SMILES string of the molecule is O=C1CC2(CCCCC2Cc2ccccc2Br)SCCN1Cc1cccnc1. The van der Waals surface area contributed by atoms with E-state index in [9.17, 15) is 4.79 Å². The second kappa shape index (κ2) is 9.00. The van der Waals surface area contributed by atoms with Crippen molar-refractivity contribution in [3.05, 3.63) is 64.4 Å². The maximum atomic E-state index is 13.2. The number of aromatic nitrogens is 1. The van der Waals surface area contributed by atoms with E-state index in [1.807, 2.05) is 17.2 Å². The lowest BCUT2D eigenvalue weighted by molar-refractivity contribution is -0.132. The number of halogens is 1. The van der Waals surface area contributed by atoms with Crippen molar-refractivity contribution in [1.82, 2.24) is 9.88 Å². The zero-order valence-corrected chi connectivity index (χ0v) is 18.6. The number of thioether (sulfide) groups is 1. The Bertz CT molecular complexity index is 815. The number of amides is 1. The maximum Gasteiger partial charge on any atom is 0.224 e. The van der Waals surface area contributed by atoms with E-state index in [0.29, 0.717) is 24.8 Å². The smallest absolute Gasteiger partial charge is 0.224 e. The molecule has 2 aromatic rings. The molecule has 0 bridgehead atoms. The Morgan fingerprint density at radius 3 is 2.93 bits per heavy atom. The monoisotopic (exact) mass is 458 g/mol. The van der Waals surface area contributed by atoms with E-state index >= 15 is 0 Å². The topological polar surface area (TPSA) is 33.2 Å². The first kappa shape index (κ1) is 20.0. The van der Waals surface area contributed by atoms with E-state index in [0.717, 1.165) is 24.3 Å². The Balaban J connectivity index is 1.52. The lowest BCUT2D eigenvalue weighted by atomic mass is 9.73. The molecule has 1 saturated heterocycles. The van der Waals surface area contributed by atoms with Gasteiger partial charge in [-0.1, -0.05) is 53.0 Å². The average molecular weight is 459 g/mol. The van der Waals surface area contributed by atoms with Gasteiger partial charge in [0, 0.05) is 46.9 Å². The molecular formula is C23H27BrN2OS. The number of carbonyl (C=O) groups excluding carboxylic acids is 1. The molecule has 3 nitrogen and oxygen atoms in total. The largest absolute Gasteiger partial charge is 0.337 e. The maximum absolute atomic E-state index is 13.2. The minimum absolute atomic E-state index is 0.0916. The van der Waals surface area contributed by atoms with Crippen molar-refractivity contribution in [1.29, 1.82) is 0 Å². The van der Waals surface area contributed by atoms with Gasteiger partial charge in [0.1, 0.15) is 0 Å². The summed E-state index contributed by atoms with van der Waals surface area (Å²) in [7, 11) is 0. The molecule has 1 aromatic heterocycles. The van der Waals surface area contributed by atoms with Crippen molar-refractivity contribution in [3.63, 3.8) is 0 Å². The van der Waals surface area contributed by atoms with Crippen LogP contribution >= 0.6 is 27.7 Å². The van der Waals surface area contributed by atoms with Crippen LogP contribution in [0.5, 0.6) is 0 Å². The highest BCUT2D eigenvalue weighted by atomic mass is 79.9. The minimum Gasteiger partial charge on any atom is -0.337 e. The molecule has 1 aliphatic carbocycles. The van der Waals surface area contributed by atoms with E-state index in [4.69, 9.17) is 0 Å². The van der Waals surface area contributed by atoms with Crippen LogP contribution in [0.25, 0.3) is 0 Å². The lowest BCUT2D eigenvalue weighted by Gasteiger charge is -2.43. The van der Waals surface area contributed by atoms with E-state index < -0.39 is 0 Å². The van der Waals surface area contributed by atoms with E-state index in [1.54, 1.807) is 6.20 Å². The molecule has 148 valence electrons. The van der Waals surface area contributed by atoms with Crippen molar-refractivity contribution in [3.8, 4) is 0 Å². The molecule has 2 atom stereocenters. The first-order valence-corrected chi connectivity index (χ1v) is 12.0. The molecule has 2 fully saturated rings. The van der Waals surface area contributed by atoms with Gasteiger partial charge in [0.2, 0.25) is 5.91 Å². The second-order valence-electron chi connectivity index (χ2n) is 8.00. The number of hydrogen-bond acceptors (Lipinski definition) is 3. The van der Waals surface area contributed by atoms with E-state index in [-0.39, 0.29) is 4.75 Å². The third-order valence-electron chi connectivity index (χ3n) is 6.22. The Morgan fingerprint density at radius 2 is 2.11 bits per heavy atom. The highest BCUT2D eigenvalue weighted by molar-refractivity contribution is 9.10. The molecule has 2 unspecified atom stereocenters. The molecule has 4 rings (SSSR count). The predicted octanol–water partition coefficient (Wildman–Crippen LogP) is 5.48. The molecule has 1 saturated carbocycles. The molecule has 1 aromatic carbocycles. The van der Waals surface area contributed by atoms with Crippen LogP contribution < -0.4 is 0 Å². The van der Waals surface area contributed by atoms with Crippen LogP contribution in [-0.2, 0) is 17.8 Å². The fourth-order valence-corrected chi connectivity index (χ4v) is 6.82. The van der Waals surface area contributed by atoms with Crippen LogP contribution in [0, 0.1) is 5.92 Å². The Labute approximate surface area is 180 Å². The fraction of sp³-hybridized carbons (Fsp3) is 0.478. The first-order chi connectivity index (χ1) is 13.7. The third-order valence-corrected chi connectivity index (χ3v) is 8.64. The second-order valence-corrected chi connectivity index (χ2v) is 10.4. The van der Waals surface area contributed by atoms with Crippen molar-refractivity contribution >= 4 is 33.6 Å². The summed E-state index contributed by atoms with van der Waals surface area (Å²) in [6.07, 6.45) is 10.3. The summed E-state index contributed by atoms with van der Waals surface area (Å²) in [5.41, 5.74) is 2.49. The van der Waals surface area contributed by atoms with Crippen LogP contribution in [0.1, 0.15) is 43.2 Å². The number of rotatable bonds is 4. The number of hydrogen-bond donors (Lipinski definition) is 0. The number of nitrogens with zero attached hydrogens (tertiary/aromatic N) is 2. The summed E-state index contributed by atoms with van der Waals surface area (Å²) in [6.45, 7) is 1.51. The quantitative estimate of drug-likeness (QED) is 0.607. The molecule has 1 aliphatic heterocycles. The van der Waals surface area contributed by atoms with Gasteiger partial charge in [-0.15, -0.1) is 0 Å². The molecule has 0 radical (unpaired) electrons. The molecule has 2 heterocycles. The zero-order valence-electron chi connectivity index (χ0n) is 16.1. The number of carbonyl (C=O) groups is 1. The molecule has 2 aliphatic rings. The first-order valence-electron chi connectivity index (χ1n) is 10.2. The summed E-state index contributed by atoms with van der Waals surface area (Å²) in [4.78, 5) is 19.5. The molecule has 1 amide bonds. The van der Waals surface area contributed by atoms with Crippen molar-refractivity contribution in [2.75, 3.05) is 12.3 Å². The van der Waals surface area contributed by atoms with Gasteiger partial charge in [0.15, 0.2) is 0 Å². The highest BCUT2D eigenvalue weighted by Crippen LogP contribution is 2.49. The Hall–Kier alpha value is -1.33. The molecule has 0 N–H and O–H groups in total. The van der Waals surface area contributed by atoms with Crippen molar-refractivity contribution < 1.29 is 4.79 Å². The van der Waals surface area contributed by atoms with E-state index in [2.05, 4.69) is 63.0 Å². The summed E-state index contributed by atoms with van der Waals surface area (Å²) in [5, 5.41) is 0. The van der Waals surface area contributed by atoms with Crippen LogP contribution in [0.2, 0.25) is 0 Å². The fourth-order valence-electron chi connectivity index (χ4n) is 4.70. The van der Waals surface area contributed by atoms with Crippen LogP contribution in [0.4, 0.5) is 0 Å². The summed E-state index contributed by atoms with van der Waals surface area (Å²) in [6, 6.07) is 12.6. The van der Waals surface area contributed by atoms with Crippen molar-refractivity contribution in [2.45, 2.75) is 49.8 Å². The lowest BCUT2D eigenvalue weighted by Crippen LogP contribution is -2.42. The van der Waals surface area contributed by atoms with Crippen LogP contribution in [-0.4, -0.2) is 32.8 Å². The summed E-state index contributed by atoms with van der Waals surface area (Å²) < 4.78 is 1.28. The normalized spacial score (nSPS) is 25.7. The van der Waals surface area contributed by atoms with Gasteiger partial charge >= 0.3 is 0 Å². The summed E-state index contributed by atoms with van der Waals surface area (Å²) >= 11 is 5.79. The molecule has 5 heteroatoms. The van der Waals surface area contributed by atoms with Gasteiger partial charge in [-0.2, -0.15) is 11.8 Å². The summed E-state index contributed by atoms with van der Waals surface area (Å²) in [5.74, 6) is 1.90.